The Hall–Kier alpha value is -1.75. The Labute approximate surface area is 311 Å². The van der Waals surface area contributed by atoms with Gasteiger partial charge in [-0.05, 0) is 65.9 Å². The molecule has 4 heteroatoms. The molecule has 3 nitrogen and oxygen atoms in total. The second-order valence-electron chi connectivity index (χ2n) is 18.6. The summed E-state index contributed by atoms with van der Waals surface area (Å²) in [6.45, 7) is 38.2. The normalized spacial score (nSPS) is 12.7. The molecule has 1 radical (unpaired) electrons. The van der Waals surface area contributed by atoms with E-state index in [2.05, 4.69) is 125 Å². The average Bonchev–Trinajstić information content (AvgIpc) is 2.81. The Morgan fingerprint density at radius 3 is 0.478 bits per heavy atom. The van der Waals surface area contributed by atoms with E-state index >= 15 is 0 Å². The summed E-state index contributed by atoms with van der Waals surface area (Å²) in [6, 6.07) is 18.1. The van der Waals surface area contributed by atoms with Crippen LogP contribution in [0.1, 0.15) is 158 Å². The molecule has 0 saturated heterocycles. The first-order valence-corrected chi connectivity index (χ1v) is 16.4. The zero-order chi connectivity index (χ0) is 35.6. The molecule has 3 rings (SSSR count). The summed E-state index contributed by atoms with van der Waals surface area (Å²) in [4.78, 5) is 0. The first kappa shape index (κ1) is 44.3. The van der Waals surface area contributed by atoms with Crippen molar-refractivity contribution in [2.24, 2.45) is 0 Å². The van der Waals surface area contributed by atoms with Crippen LogP contribution in [0.15, 0.2) is 54.6 Å². The van der Waals surface area contributed by atoms with Gasteiger partial charge in [0.05, 0.1) is 0 Å². The number of rotatable bonds is 0. The topological polar surface area (TPSA) is 60.7 Å². The Morgan fingerprint density at radius 1 is 0.283 bits per heavy atom. The van der Waals surface area contributed by atoms with Crippen molar-refractivity contribution in [1.82, 2.24) is 0 Å². The SMILES string of the molecule is CC(C)(C)c1cccc(C(C)(C)C)c1O.CC(C)(C)c1cccc(C(C)(C)C)c1O.CC(C)(C)c1cccc(C(C)(C)C)c1O.[La]. The van der Waals surface area contributed by atoms with E-state index in [0.29, 0.717) is 17.2 Å². The van der Waals surface area contributed by atoms with Gasteiger partial charge in [-0.15, -0.1) is 0 Å². The molecule has 0 fully saturated rings. The van der Waals surface area contributed by atoms with Gasteiger partial charge in [0, 0.05) is 35.6 Å². The molecule has 0 spiro atoms. The van der Waals surface area contributed by atoms with Crippen LogP contribution in [0.4, 0.5) is 0 Å². The van der Waals surface area contributed by atoms with Gasteiger partial charge in [-0.3, -0.25) is 0 Å². The van der Waals surface area contributed by atoms with Crippen molar-refractivity contribution >= 4 is 0 Å². The van der Waals surface area contributed by atoms with E-state index in [1.807, 2.05) is 54.6 Å². The number of phenolic OH excluding ortho intramolecular Hbond substituents is 3. The fraction of sp³-hybridized carbons (Fsp3) is 0.571. The molecule has 3 aromatic carbocycles. The minimum atomic E-state index is -0.00859. The van der Waals surface area contributed by atoms with Gasteiger partial charge >= 0.3 is 0 Å². The summed E-state index contributed by atoms with van der Waals surface area (Å²) in [5, 5.41) is 30.8. The van der Waals surface area contributed by atoms with Gasteiger partial charge in [0.25, 0.3) is 0 Å². The first-order chi connectivity index (χ1) is 19.9. The van der Waals surface area contributed by atoms with E-state index in [9.17, 15) is 15.3 Å². The van der Waals surface area contributed by atoms with Crippen LogP contribution in [-0.2, 0) is 32.5 Å². The fourth-order valence-corrected chi connectivity index (χ4v) is 5.26. The van der Waals surface area contributed by atoms with Crippen LogP contribution in [-0.4, -0.2) is 15.3 Å². The minimum absolute atomic E-state index is 0. The standard InChI is InChI=1S/3C14H22O.La/c3*1-13(2,3)10-8-7-9-11(12(10)15)14(4,5)6;/h3*7-9,15H,1-6H3;. The van der Waals surface area contributed by atoms with E-state index < -0.39 is 0 Å². The van der Waals surface area contributed by atoms with Gasteiger partial charge in [0.1, 0.15) is 17.2 Å². The number of phenols is 3. The molecule has 0 atom stereocenters. The number of hydrogen-bond donors (Lipinski definition) is 3. The van der Waals surface area contributed by atoms with E-state index in [-0.39, 0.29) is 68.1 Å². The molecule has 46 heavy (non-hydrogen) atoms. The molecule has 0 aromatic heterocycles. The van der Waals surface area contributed by atoms with E-state index in [1.165, 1.54) is 0 Å². The van der Waals surface area contributed by atoms with Crippen molar-refractivity contribution in [1.29, 1.82) is 0 Å². The van der Waals surface area contributed by atoms with Crippen LogP contribution in [0.2, 0.25) is 0 Å². The summed E-state index contributed by atoms with van der Waals surface area (Å²) >= 11 is 0. The quantitative estimate of drug-likeness (QED) is 0.214. The number of benzene rings is 3. The molecule has 0 bridgehead atoms. The zero-order valence-electron chi connectivity index (χ0n) is 32.6. The van der Waals surface area contributed by atoms with Crippen LogP contribution >= 0.6 is 0 Å². The third-order valence-corrected chi connectivity index (χ3v) is 7.96. The van der Waals surface area contributed by atoms with Gasteiger partial charge in [0.15, 0.2) is 0 Å². The first-order valence-electron chi connectivity index (χ1n) is 16.4. The van der Waals surface area contributed by atoms with Crippen LogP contribution in [0.25, 0.3) is 0 Å². The summed E-state index contributed by atoms with van der Waals surface area (Å²) in [6.07, 6.45) is 0. The predicted octanol–water partition coefficient (Wildman–Crippen LogP) is 12.0. The smallest absolute Gasteiger partial charge is 0.123 e. The number of aromatic hydroxyl groups is 3. The summed E-state index contributed by atoms with van der Waals surface area (Å²) in [5.41, 5.74) is 6.09. The van der Waals surface area contributed by atoms with Gasteiger partial charge < -0.3 is 15.3 Å². The predicted molar refractivity (Wildman–Crippen MR) is 197 cm³/mol. The molecule has 0 aliphatic rings. The third kappa shape index (κ3) is 12.4. The molecular weight excluding hydrogens is 691 g/mol. The van der Waals surface area contributed by atoms with Crippen LogP contribution in [0, 0.1) is 35.6 Å². The molecule has 0 amide bonds. The summed E-state index contributed by atoms with van der Waals surface area (Å²) in [5.74, 6) is 1.37. The maximum atomic E-state index is 10.3. The summed E-state index contributed by atoms with van der Waals surface area (Å²) in [7, 11) is 0. The van der Waals surface area contributed by atoms with Crippen LogP contribution in [0.3, 0.4) is 0 Å². The maximum absolute atomic E-state index is 10.3. The van der Waals surface area contributed by atoms with Gasteiger partial charge in [-0.2, -0.15) is 0 Å². The molecule has 0 saturated carbocycles. The molecular formula is C42H66LaO3. The largest absolute Gasteiger partial charge is 0.507 e. The van der Waals surface area contributed by atoms with E-state index in [4.69, 9.17) is 0 Å². The van der Waals surface area contributed by atoms with Crippen molar-refractivity contribution in [3.05, 3.63) is 88.0 Å². The summed E-state index contributed by atoms with van der Waals surface area (Å²) < 4.78 is 0. The Kier molecular flexibility index (Phi) is 15.1. The molecule has 0 heterocycles. The minimum Gasteiger partial charge on any atom is -0.507 e. The zero-order valence-corrected chi connectivity index (χ0v) is 36.2. The van der Waals surface area contributed by atoms with Crippen molar-refractivity contribution in [3.63, 3.8) is 0 Å². The van der Waals surface area contributed by atoms with Crippen molar-refractivity contribution in [2.45, 2.75) is 157 Å². The van der Waals surface area contributed by atoms with E-state index in [0.717, 1.165) is 33.4 Å². The molecule has 3 aromatic rings. The second-order valence-corrected chi connectivity index (χ2v) is 18.6. The number of hydrogen-bond acceptors (Lipinski definition) is 3. The van der Waals surface area contributed by atoms with Crippen molar-refractivity contribution < 1.29 is 50.9 Å². The fourth-order valence-electron chi connectivity index (χ4n) is 5.26. The molecule has 255 valence electrons. The molecule has 3 N–H and O–H groups in total. The molecule has 0 aliphatic carbocycles. The third-order valence-electron chi connectivity index (χ3n) is 7.96. The Bertz CT molecular complexity index is 1140. The monoisotopic (exact) mass is 757 g/mol. The van der Waals surface area contributed by atoms with E-state index in [1.54, 1.807) is 0 Å². The van der Waals surface area contributed by atoms with Crippen LogP contribution < -0.4 is 0 Å². The van der Waals surface area contributed by atoms with Crippen LogP contribution in [0.5, 0.6) is 17.2 Å². The van der Waals surface area contributed by atoms with Crippen molar-refractivity contribution in [3.8, 4) is 17.2 Å². The maximum Gasteiger partial charge on any atom is 0.123 e. The van der Waals surface area contributed by atoms with Gasteiger partial charge in [-0.1, -0.05) is 179 Å². The Balaban J connectivity index is 0.000000653. The van der Waals surface area contributed by atoms with Crippen molar-refractivity contribution in [2.75, 3.05) is 0 Å². The Morgan fingerprint density at radius 2 is 0.391 bits per heavy atom. The average molecular weight is 758 g/mol. The van der Waals surface area contributed by atoms with Gasteiger partial charge in [-0.25, -0.2) is 0 Å². The van der Waals surface area contributed by atoms with Gasteiger partial charge in [0.2, 0.25) is 0 Å². The number of para-hydroxylation sites is 3. The molecule has 0 aliphatic heterocycles. The second kappa shape index (κ2) is 15.6. The molecule has 0 unspecified atom stereocenters.